The fourth-order valence-electron chi connectivity index (χ4n) is 1.95. The van der Waals surface area contributed by atoms with E-state index >= 15 is 0 Å². The molecule has 0 spiro atoms. The Labute approximate surface area is 111 Å². The highest BCUT2D eigenvalue weighted by Crippen LogP contribution is 2.33. The van der Waals surface area contributed by atoms with Crippen LogP contribution in [0.2, 0.25) is 0 Å². The topological polar surface area (TPSA) is 59.1 Å². The third kappa shape index (κ3) is 2.47. The summed E-state index contributed by atoms with van der Waals surface area (Å²) in [6.45, 7) is 0.103. The normalized spacial score (nSPS) is 15.7. The van der Waals surface area contributed by atoms with Crippen LogP contribution in [0, 0.1) is 0 Å². The summed E-state index contributed by atoms with van der Waals surface area (Å²) in [5.74, 6) is 0.904. The number of ether oxygens (including phenoxy) is 2. The van der Waals surface area contributed by atoms with Crippen LogP contribution in [0.4, 0.5) is 5.69 Å². The van der Waals surface area contributed by atoms with Crippen LogP contribution in [-0.4, -0.2) is 51.1 Å². The SMILES string of the molecule is COc1ccc(N2CC(=O)N(C)CC2=O)c(OC)c1. The highest BCUT2D eigenvalue weighted by atomic mass is 16.5. The molecule has 1 aliphatic heterocycles. The molecule has 1 saturated heterocycles. The van der Waals surface area contributed by atoms with Gasteiger partial charge in [-0.05, 0) is 12.1 Å². The summed E-state index contributed by atoms with van der Waals surface area (Å²) in [6, 6.07) is 5.13. The molecule has 1 heterocycles. The number of piperazine rings is 1. The van der Waals surface area contributed by atoms with Crippen molar-refractivity contribution in [2.24, 2.45) is 0 Å². The number of hydrogen-bond acceptors (Lipinski definition) is 4. The number of nitrogens with zero attached hydrogens (tertiary/aromatic N) is 2. The first kappa shape index (κ1) is 13.2. The number of anilines is 1. The minimum Gasteiger partial charge on any atom is -0.497 e. The molecule has 1 aromatic carbocycles. The van der Waals surface area contributed by atoms with E-state index in [4.69, 9.17) is 9.47 Å². The summed E-state index contributed by atoms with van der Waals surface area (Å²) in [7, 11) is 4.68. The number of likely N-dealkylation sites (N-methyl/N-ethyl adjacent to an activating group) is 1. The molecular weight excluding hydrogens is 248 g/mol. The summed E-state index contributed by atoms with van der Waals surface area (Å²) in [4.78, 5) is 26.6. The van der Waals surface area contributed by atoms with Crippen molar-refractivity contribution >= 4 is 17.5 Å². The van der Waals surface area contributed by atoms with Gasteiger partial charge in [0.05, 0.1) is 26.5 Å². The van der Waals surface area contributed by atoms with E-state index in [9.17, 15) is 9.59 Å². The number of rotatable bonds is 3. The summed E-state index contributed by atoms with van der Waals surface area (Å²) < 4.78 is 10.4. The molecule has 1 aromatic rings. The third-order valence-electron chi connectivity index (χ3n) is 3.07. The zero-order valence-corrected chi connectivity index (χ0v) is 11.2. The Balaban J connectivity index is 2.35. The quantitative estimate of drug-likeness (QED) is 0.798. The zero-order valence-electron chi connectivity index (χ0n) is 11.2. The van der Waals surface area contributed by atoms with Crippen molar-refractivity contribution in [2.75, 3.05) is 39.3 Å². The van der Waals surface area contributed by atoms with Crippen LogP contribution in [0.25, 0.3) is 0 Å². The van der Waals surface area contributed by atoms with Gasteiger partial charge in [0.15, 0.2) is 0 Å². The van der Waals surface area contributed by atoms with Crippen LogP contribution < -0.4 is 14.4 Å². The maximum atomic E-state index is 12.0. The summed E-state index contributed by atoms with van der Waals surface area (Å²) in [5, 5.41) is 0. The maximum absolute atomic E-state index is 12.0. The second-order valence-electron chi connectivity index (χ2n) is 4.27. The molecule has 0 radical (unpaired) electrons. The molecule has 102 valence electrons. The predicted molar refractivity (Wildman–Crippen MR) is 69.5 cm³/mol. The highest BCUT2D eigenvalue weighted by molar-refractivity contribution is 6.05. The number of methoxy groups -OCH3 is 2. The minimum atomic E-state index is -0.134. The molecule has 0 saturated carbocycles. The van der Waals surface area contributed by atoms with E-state index in [0.29, 0.717) is 17.2 Å². The Hall–Kier alpha value is -2.24. The van der Waals surface area contributed by atoms with Gasteiger partial charge in [0.25, 0.3) is 0 Å². The van der Waals surface area contributed by atoms with E-state index in [-0.39, 0.29) is 24.9 Å². The molecule has 1 aliphatic rings. The van der Waals surface area contributed by atoms with E-state index in [1.807, 2.05) is 0 Å². The second-order valence-corrected chi connectivity index (χ2v) is 4.27. The lowest BCUT2D eigenvalue weighted by Crippen LogP contribution is -2.52. The third-order valence-corrected chi connectivity index (χ3v) is 3.07. The lowest BCUT2D eigenvalue weighted by Gasteiger charge is -2.32. The first-order valence-corrected chi connectivity index (χ1v) is 5.83. The second kappa shape index (κ2) is 5.17. The Morgan fingerprint density at radius 3 is 2.42 bits per heavy atom. The van der Waals surface area contributed by atoms with E-state index in [2.05, 4.69) is 0 Å². The molecule has 6 nitrogen and oxygen atoms in total. The Bertz CT molecular complexity index is 515. The number of benzene rings is 1. The number of carbonyl (C=O) groups is 2. The monoisotopic (exact) mass is 264 g/mol. The van der Waals surface area contributed by atoms with Crippen molar-refractivity contribution in [3.63, 3.8) is 0 Å². The van der Waals surface area contributed by atoms with E-state index < -0.39 is 0 Å². The molecule has 2 amide bonds. The maximum Gasteiger partial charge on any atom is 0.247 e. The number of carbonyl (C=O) groups excluding carboxylic acids is 2. The van der Waals surface area contributed by atoms with Crippen LogP contribution in [-0.2, 0) is 9.59 Å². The minimum absolute atomic E-state index is 0.0258. The standard InChI is InChI=1S/C13H16N2O4/c1-14-7-13(17)15(8-12(14)16)10-5-4-9(18-2)6-11(10)19-3/h4-6H,7-8H2,1-3H3. The molecule has 0 aromatic heterocycles. The lowest BCUT2D eigenvalue weighted by atomic mass is 10.2. The van der Waals surface area contributed by atoms with Crippen LogP contribution >= 0.6 is 0 Å². The summed E-state index contributed by atoms with van der Waals surface area (Å²) in [5.41, 5.74) is 0.578. The van der Waals surface area contributed by atoms with Gasteiger partial charge >= 0.3 is 0 Å². The number of amides is 2. The molecule has 0 bridgehead atoms. The average molecular weight is 264 g/mol. The smallest absolute Gasteiger partial charge is 0.247 e. The van der Waals surface area contributed by atoms with Crippen molar-refractivity contribution in [3.05, 3.63) is 18.2 Å². The van der Waals surface area contributed by atoms with Gasteiger partial charge in [0, 0.05) is 13.1 Å². The zero-order chi connectivity index (χ0) is 14.0. The fraction of sp³-hybridized carbons (Fsp3) is 0.385. The van der Waals surface area contributed by atoms with Gasteiger partial charge in [-0.15, -0.1) is 0 Å². The van der Waals surface area contributed by atoms with Crippen molar-refractivity contribution in [2.45, 2.75) is 0 Å². The van der Waals surface area contributed by atoms with Gasteiger partial charge in [-0.25, -0.2) is 0 Å². The van der Waals surface area contributed by atoms with Crippen LogP contribution in [0.1, 0.15) is 0 Å². The van der Waals surface area contributed by atoms with Gasteiger partial charge < -0.3 is 14.4 Å². The molecule has 0 N–H and O–H groups in total. The molecular formula is C13H16N2O4. The van der Waals surface area contributed by atoms with Crippen molar-refractivity contribution in [3.8, 4) is 11.5 Å². The average Bonchev–Trinajstić information content (AvgIpc) is 2.42. The number of hydrogen-bond donors (Lipinski definition) is 0. The molecule has 1 fully saturated rings. The molecule has 19 heavy (non-hydrogen) atoms. The first-order chi connectivity index (χ1) is 9.06. The first-order valence-electron chi connectivity index (χ1n) is 5.83. The largest absolute Gasteiger partial charge is 0.497 e. The van der Waals surface area contributed by atoms with Gasteiger partial charge in [0.2, 0.25) is 11.8 Å². The van der Waals surface area contributed by atoms with Crippen LogP contribution in [0.5, 0.6) is 11.5 Å². The lowest BCUT2D eigenvalue weighted by molar-refractivity contribution is -0.136. The fourth-order valence-corrected chi connectivity index (χ4v) is 1.95. The van der Waals surface area contributed by atoms with Crippen LogP contribution in [0.15, 0.2) is 18.2 Å². The van der Waals surface area contributed by atoms with E-state index in [0.717, 1.165) is 0 Å². The Morgan fingerprint density at radius 2 is 1.79 bits per heavy atom. The molecule has 6 heteroatoms. The van der Waals surface area contributed by atoms with E-state index in [1.54, 1.807) is 32.4 Å². The van der Waals surface area contributed by atoms with Gasteiger partial charge in [0.1, 0.15) is 18.0 Å². The molecule has 0 unspecified atom stereocenters. The van der Waals surface area contributed by atoms with Crippen molar-refractivity contribution in [1.82, 2.24) is 4.90 Å². The van der Waals surface area contributed by atoms with Crippen molar-refractivity contribution < 1.29 is 19.1 Å². The molecule has 0 atom stereocenters. The molecule has 2 rings (SSSR count). The predicted octanol–water partition coefficient (Wildman–Crippen LogP) is 0.509. The summed E-state index contributed by atoms with van der Waals surface area (Å²) in [6.07, 6.45) is 0. The van der Waals surface area contributed by atoms with Gasteiger partial charge in [-0.2, -0.15) is 0 Å². The van der Waals surface area contributed by atoms with E-state index in [1.165, 1.54) is 16.9 Å². The summed E-state index contributed by atoms with van der Waals surface area (Å²) >= 11 is 0. The molecule has 0 aliphatic carbocycles. The van der Waals surface area contributed by atoms with Gasteiger partial charge in [-0.3, -0.25) is 14.5 Å². The highest BCUT2D eigenvalue weighted by Gasteiger charge is 2.30. The van der Waals surface area contributed by atoms with Gasteiger partial charge in [-0.1, -0.05) is 0 Å². The Morgan fingerprint density at radius 1 is 1.05 bits per heavy atom. The Kier molecular flexibility index (Phi) is 3.59. The van der Waals surface area contributed by atoms with Crippen molar-refractivity contribution in [1.29, 1.82) is 0 Å². The van der Waals surface area contributed by atoms with Crippen LogP contribution in [0.3, 0.4) is 0 Å².